The zero-order valence-corrected chi connectivity index (χ0v) is 32.6. The number of carbonyl (C=O) groups is 2. The number of hydrogen-bond acceptors (Lipinski definition) is 6. The van der Waals surface area contributed by atoms with Crippen molar-refractivity contribution in [1.29, 1.82) is 0 Å². The van der Waals surface area contributed by atoms with E-state index in [2.05, 4.69) is 53.4 Å². The maximum Gasteiger partial charge on any atom is 0.264 e. The number of fused-ring (bicyclic) bond motifs is 1. The number of nitrogens with zero attached hydrogens (tertiary/aromatic N) is 2. The molecule has 1 atom stereocenters. The number of rotatable bonds is 16. The molecule has 9 nitrogen and oxygen atoms in total. The molecule has 1 unspecified atom stereocenters. The van der Waals surface area contributed by atoms with E-state index in [0.29, 0.717) is 12.5 Å². The van der Waals surface area contributed by atoms with Gasteiger partial charge in [0, 0.05) is 41.2 Å². The van der Waals surface area contributed by atoms with Gasteiger partial charge in [0.15, 0.2) is 0 Å². The molecule has 1 aliphatic carbocycles. The highest BCUT2D eigenvalue weighted by Crippen LogP contribution is 2.46. The van der Waals surface area contributed by atoms with E-state index in [1.165, 1.54) is 12.0 Å². The van der Waals surface area contributed by atoms with Crippen LogP contribution in [0.4, 0.5) is 0 Å². The number of sulfonamides is 1. The van der Waals surface area contributed by atoms with Crippen molar-refractivity contribution in [3.63, 3.8) is 0 Å². The molecule has 1 aliphatic rings. The van der Waals surface area contributed by atoms with E-state index in [1.54, 1.807) is 13.2 Å². The second kappa shape index (κ2) is 16.8. The van der Waals surface area contributed by atoms with Crippen molar-refractivity contribution in [1.82, 2.24) is 19.5 Å². The van der Waals surface area contributed by atoms with Gasteiger partial charge in [0.25, 0.3) is 5.91 Å². The first kappa shape index (κ1) is 39.4. The number of carbonyl (C=O) groups excluding carboxylic acids is 2. The summed E-state index contributed by atoms with van der Waals surface area (Å²) in [7, 11) is -0.0706. The Bertz CT molecular complexity index is 1750. The van der Waals surface area contributed by atoms with E-state index in [0.717, 1.165) is 85.1 Å². The Kier molecular flexibility index (Phi) is 13.2. The lowest BCUT2D eigenvalue weighted by Gasteiger charge is -2.31. The SMILES string of the molecule is CCCC(CN(C)CC)NC(=O)C(C)(C)Cn1c(-c2ccc(OC)cc2C)c(C2CCCCC2)c2ccc(C(=O)NS(=O)(=O)CC(C)C)cc21. The van der Waals surface area contributed by atoms with Crippen LogP contribution in [0, 0.1) is 18.3 Å². The minimum atomic E-state index is -3.81. The van der Waals surface area contributed by atoms with Gasteiger partial charge >= 0.3 is 0 Å². The van der Waals surface area contributed by atoms with Gasteiger partial charge < -0.3 is 19.5 Å². The van der Waals surface area contributed by atoms with Crippen LogP contribution in [0.15, 0.2) is 36.4 Å². The molecule has 0 radical (unpaired) electrons. The minimum absolute atomic E-state index is 0.0207. The molecule has 1 heterocycles. The Morgan fingerprint density at radius 1 is 1.06 bits per heavy atom. The first-order valence-corrected chi connectivity index (χ1v) is 20.1. The number of methoxy groups -OCH3 is 1. The summed E-state index contributed by atoms with van der Waals surface area (Å²) in [6.45, 7) is 16.0. The van der Waals surface area contributed by atoms with Crippen LogP contribution in [0.3, 0.4) is 0 Å². The summed E-state index contributed by atoms with van der Waals surface area (Å²) in [5, 5.41) is 4.41. The van der Waals surface area contributed by atoms with E-state index in [9.17, 15) is 18.0 Å². The van der Waals surface area contributed by atoms with Gasteiger partial charge in [-0.05, 0) is 107 Å². The van der Waals surface area contributed by atoms with E-state index >= 15 is 0 Å². The highest BCUT2D eigenvalue weighted by molar-refractivity contribution is 7.90. The van der Waals surface area contributed by atoms with Crippen LogP contribution in [0.25, 0.3) is 22.2 Å². The fourth-order valence-corrected chi connectivity index (χ4v) is 8.76. The molecular formula is C40H60N4O5S. The number of aryl methyl sites for hydroxylation is 1. The smallest absolute Gasteiger partial charge is 0.264 e. The Balaban J connectivity index is 1.92. The summed E-state index contributed by atoms with van der Waals surface area (Å²) in [6.07, 6.45) is 7.47. The van der Waals surface area contributed by atoms with Gasteiger partial charge in [0.2, 0.25) is 15.9 Å². The number of amides is 2. The van der Waals surface area contributed by atoms with Crippen LogP contribution in [0.1, 0.15) is 114 Å². The molecule has 50 heavy (non-hydrogen) atoms. The highest BCUT2D eigenvalue weighted by atomic mass is 32.2. The third-order valence-corrected chi connectivity index (χ3v) is 11.7. The Morgan fingerprint density at radius 3 is 2.36 bits per heavy atom. The van der Waals surface area contributed by atoms with Crippen LogP contribution in [0.2, 0.25) is 0 Å². The van der Waals surface area contributed by atoms with Crippen LogP contribution in [-0.4, -0.2) is 68.7 Å². The molecule has 2 aromatic carbocycles. The molecule has 0 saturated heterocycles. The second-order valence-corrected chi connectivity index (χ2v) is 17.2. The molecule has 0 aliphatic heterocycles. The highest BCUT2D eigenvalue weighted by Gasteiger charge is 2.35. The van der Waals surface area contributed by atoms with Gasteiger partial charge in [-0.2, -0.15) is 0 Å². The molecule has 1 aromatic heterocycles. The Hall–Kier alpha value is -3.37. The predicted molar refractivity (Wildman–Crippen MR) is 204 cm³/mol. The summed E-state index contributed by atoms with van der Waals surface area (Å²) in [4.78, 5) is 29.9. The van der Waals surface area contributed by atoms with Crippen molar-refractivity contribution >= 4 is 32.7 Å². The average Bonchev–Trinajstić information content (AvgIpc) is 3.36. The third kappa shape index (κ3) is 9.49. The van der Waals surface area contributed by atoms with Crippen molar-refractivity contribution < 1.29 is 22.7 Å². The van der Waals surface area contributed by atoms with Gasteiger partial charge in [0.05, 0.1) is 24.0 Å². The molecule has 10 heteroatoms. The zero-order valence-electron chi connectivity index (χ0n) is 31.8. The Morgan fingerprint density at radius 2 is 1.76 bits per heavy atom. The van der Waals surface area contributed by atoms with Gasteiger partial charge in [-0.1, -0.05) is 59.4 Å². The largest absolute Gasteiger partial charge is 0.497 e. The average molecular weight is 709 g/mol. The number of ether oxygens (including phenoxy) is 1. The quantitative estimate of drug-likeness (QED) is 0.158. The van der Waals surface area contributed by atoms with Crippen LogP contribution < -0.4 is 14.8 Å². The fourth-order valence-electron chi connectivity index (χ4n) is 7.40. The first-order valence-electron chi connectivity index (χ1n) is 18.5. The van der Waals surface area contributed by atoms with Crippen molar-refractivity contribution in [3.8, 4) is 17.0 Å². The molecule has 4 rings (SSSR count). The normalized spacial score (nSPS) is 15.1. The number of aromatic nitrogens is 1. The van der Waals surface area contributed by atoms with Crippen LogP contribution in [0.5, 0.6) is 5.75 Å². The lowest BCUT2D eigenvalue weighted by Crippen LogP contribution is -2.48. The molecule has 1 saturated carbocycles. The lowest BCUT2D eigenvalue weighted by molar-refractivity contribution is -0.130. The van der Waals surface area contributed by atoms with E-state index in [-0.39, 0.29) is 29.2 Å². The van der Waals surface area contributed by atoms with Crippen molar-refractivity contribution in [2.75, 3.05) is 33.0 Å². The summed E-state index contributed by atoms with van der Waals surface area (Å²) in [5.41, 5.74) is 4.66. The molecular weight excluding hydrogens is 649 g/mol. The minimum Gasteiger partial charge on any atom is -0.497 e. The molecule has 3 aromatic rings. The van der Waals surface area contributed by atoms with E-state index in [1.807, 2.05) is 52.0 Å². The summed E-state index contributed by atoms with van der Waals surface area (Å²) in [6, 6.07) is 11.7. The zero-order chi connectivity index (χ0) is 36.8. The summed E-state index contributed by atoms with van der Waals surface area (Å²) >= 11 is 0. The van der Waals surface area contributed by atoms with E-state index in [4.69, 9.17) is 4.74 Å². The van der Waals surface area contributed by atoms with Gasteiger partial charge in [0.1, 0.15) is 5.75 Å². The third-order valence-electron chi connectivity index (χ3n) is 10.1. The van der Waals surface area contributed by atoms with Crippen LogP contribution >= 0.6 is 0 Å². The first-order chi connectivity index (χ1) is 23.6. The van der Waals surface area contributed by atoms with Crippen molar-refractivity contribution in [2.24, 2.45) is 11.3 Å². The maximum absolute atomic E-state index is 14.2. The molecule has 0 bridgehead atoms. The van der Waals surface area contributed by atoms with Crippen molar-refractivity contribution in [2.45, 2.75) is 112 Å². The van der Waals surface area contributed by atoms with Crippen molar-refractivity contribution in [3.05, 3.63) is 53.1 Å². The molecule has 1 fully saturated rings. The molecule has 0 spiro atoms. The monoisotopic (exact) mass is 708 g/mol. The standard InChI is InChI=1S/C40H60N4O5S/c1-10-15-31(24-43(8)11-2)41-39(46)40(6,7)26-44-35-23-30(38(45)42-50(47,48)25-27(3)4)18-20-34(35)36(29-16-13-12-14-17-29)37(44)33-21-19-32(49-9)22-28(33)5/h18-23,27,29,31H,10-17,24-26H2,1-9H3,(H,41,46)(H,42,45). The number of nitrogens with one attached hydrogen (secondary N) is 2. The van der Waals surface area contributed by atoms with Gasteiger partial charge in [-0.15, -0.1) is 0 Å². The lowest BCUT2D eigenvalue weighted by atomic mass is 9.81. The van der Waals surface area contributed by atoms with Gasteiger partial charge in [-0.25, -0.2) is 13.1 Å². The maximum atomic E-state index is 14.2. The fraction of sp³-hybridized carbons (Fsp3) is 0.600. The summed E-state index contributed by atoms with van der Waals surface area (Å²) < 4.78 is 35.7. The number of benzene rings is 2. The topological polar surface area (TPSA) is 110 Å². The summed E-state index contributed by atoms with van der Waals surface area (Å²) in [5.74, 6) is 0.147. The van der Waals surface area contributed by atoms with Crippen LogP contribution in [-0.2, 0) is 21.4 Å². The molecule has 2 N–H and O–H groups in total. The number of hydrogen-bond donors (Lipinski definition) is 2. The number of likely N-dealkylation sites (N-methyl/N-ethyl adjacent to an activating group) is 1. The van der Waals surface area contributed by atoms with E-state index < -0.39 is 21.3 Å². The molecule has 2 amide bonds. The molecule has 276 valence electrons. The Labute approximate surface area is 300 Å². The predicted octanol–water partition coefficient (Wildman–Crippen LogP) is 7.65. The second-order valence-electron chi connectivity index (χ2n) is 15.4. The van der Waals surface area contributed by atoms with Gasteiger partial charge in [-0.3, -0.25) is 9.59 Å².